The zero-order valence-corrected chi connectivity index (χ0v) is 13.3. The van der Waals surface area contributed by atoms with Crippen LogP contribution in [0.5, 0.6) is 11.5 Å². The van der Waals surface area contributed by atoms with Gasteiger partial charge in [-0.2, -0.15) is 5.26 Å². The number of ether oxygens (including phenoxy) is 2. The van der Waals surface area contributed by atoms with E-state index in [9.17, 15) is 4.79 Å². The number of carbonyl (C=O) groups is 1. The van der Waals surface area contributed by atoms with E-state index in [0.29, 0.717) is 30.3 Å². The van der Waals surface area contributed by atoms with Crippen LogP contribution in [-0.4, -0.2) is 17.7 Å². The first-order valence-electron chi connectivity index (χ1n) is 6.91. The summed E-state index contributed by atoms with van der Waals surface area (Å²) in [7, 11) is 0. The minimum Gasteiger partial charge on any atom is -0.490 e. The van der Waals surface area contributed by atoms with Crippen molar-refractivity contribution in [2.75, 3.05) is 6.61 Å². The van der Waals surface area contributed by atoms with Gasteiger partial charge in [0, 0.05) is 4.88 Å². The van der Waals surface area contributed by atoms with Gasteiger partial charge in [-0.3, -0.25) is 0 Å². The van der Waals surface area contributed by atoms with Gasteiger partial charge in [0.25, 0.3) is 0 Å². The van der Waals surface area contributed by atoms with Crippen molar-refractivity contribution < 1.29 is 19.4 Å². The van der Waals surface area contributed by atoms with Crippen molar-refractivity contribution in [1.82, 2.24) is 0 Å². The molecule has 0 amide bonds. The molecule has 0 spiro atoms. The van der Waals surface area contributed by atoms with Gasteiger partial charge in [0.05, 0.1) is 6.61 Å². The van der Waals surface area contributed by atoms with Crippen LogP contribution in [0.3, 0.4) is 0 Å². The van der Waals surface area contributed by atoms with E-state index >= 15 is 0 Å². The molecular weight excluding hydrogens is 314 g/mol. The minimum atomic E-state index is -1.26. The molecule has 0 unspecified atom stereocenters. The molecule has 6 heteroatoms. The Morgan fingerprint density at radius 2 is 2.17 bits per heavy atom. The average Bonchev–Trinajstić information content (AvgIpc) is 3.05. The average molecular weight is 329 g/mol. The van der Waals surface area contributed by atoms with E-state index in [1.165, 1.54) is 6.08 Å². The SMILES string of the molecule is CCOc1cc(/C=C(\C#N)C(=O)O)ccc1OCc1cccs1. The fourth-order valence-corrected chi connectivity index (χ4v) is 2.47. The predicted octanol–water partition coefficient (Wildman–Crippen LogP) is 3.72. The number of nitrogens with zero attached hydrogens (tertiary/aromatic N) is 1. The second-order valence-electron chi connectivity index (χ2n) is 4.48. The molecule has 0 atom stereocenters. The molecule has 1 aromatic carbocycles. The molecule has 2 rings (SSSR count). The lowest BCUT2D eigenvalue weighted by atomic mass is 10.1. The van der Waals surface area contributed by atoms with Gasteiger partial charge in [0.1, 0.15) is 18.2 Å². The van der Waals surface area contributed by atoms with Gasteiger partial charge in [0.2, 0.25) is 0 Å². The first-order valence-corrected chi connectivity index (χ1v) is 7.79. The van der Waals surface area contributed by atoms with Crippen LogP contribution in [0, 0.1) is 11.3 Å². The van der Waals surface area contributed by atoms with E-state index in [1.54, 1.807) is 35.6 Å². The Hall–Kier alpha value is -2.78. The van der Waals surface area contributed by atoms with Gasteiger partial charge >= 0.3 is 5.97 Å². The smallest absolute Gasteiger partial charge is 0.346 e. The number of carboxylic acids is 1. The van der Waals surface area contributed by atoms with Crippen LogP contribution >= 0.6 is 11.3 Å². The van der Waals surface area contributed by atoms with Gasteiger partial charge in [-0.15, -0.1) is 11.3 Å². The Bertz CT molecular complexity index is 744. The van der Waals surface area contributed by atoms with Crippen molar-refractivity contribution in [3.63, 3.8) is 0 Å². The molecule has 118 valence electrons. The van der Waals surface area contributed by atoms with Crippen LogP contribution in [0.15, 0.2) is 41.3 Å². The van der Waals surface area contributed by atoms with Crippen molar-refractivity contribution in [3.8, 4) is 17.6 Å². The lowest BCUT2D eigenvalue weighted by Crippen LogP contribution is -2.00. The lowest BCUT2D eigenvalue weighted by Gasteiger charge is -2.12. The number of carboxylic acid groups (broad SMARTS) is 1. The summed E-state index contributed by atoms with van der Waals surface area (Å²) in [6, 6.07) is 10.6. The maximum Gasteiger partial charge on any atom is 0.346 e. The lowest BCUT2D eigenvalue weighted by molar-refractivity contribution is -0.132. The van der Waals surface area contributed by atoms with E-state index in [1.807, 2.05) is 24.4 Å². The molecule has 0 fully saturated rings. The van der Waals surface area contributed by atoms with Crippen molar-refractivity contribution in [2.45, 2.75) is 13.5 Å². The third-order valence-corrected chi connectivity index (χ3v) is 3.73. The monoisotopic (exact) mass is 329 g/mol. The van der Waals surface area contributed by atoms with Gasteiger partial charge in [-0.05, 0) is 42.1 Å². The van der Waals surface area contributed by atoms with Crippen LogP contribution < -0.4 is 9.47 Å². The summed E-state index contributed by atoms with van der Waals surface area (Å²) in [5.41, 5.74) is 0.232. The fourth-order valence-electron chi connectivity index (χ4n) is 1.85. The van der Waals surface area contributed by atoms with E-state index in [2.05, 4.69) is 0 Å². The second kappa shape index (κ2) is 8.01. The zero-order chi connectivity index (χ0) is 16.7. The number of rotatable bonds is 7. The number of hydrogen-bond donors (Lipinski definition) is 1. The maximum atomic E-state index is 10.9. The number of thiophene rings is 1. The summed E-state index contributed by atoms with van der Waals surface area (Å²) < 4.78 is 11.3. The summed E-state index contributed by atoms with van der Waals surface area (Å²) >= 11 is 1.60. The van der Waals surface area contributed by atoms with Crippen molar-refractivity contribution in [1.29, 1.82) is 5.26 Å². The molecule has 2 aromatic rings. The van der Waals surface area contributed by atoms with Crippen molar-refractivity contribution in [2.24, 2.45) is 0 Å². The third kappa shape index (κ3) is 4.59. The molecule has 0 aliphatic rings. The summed E-state index contributed by atoms with van der Waals surface area (Å²) in [5, 5.41) is 19.7. The highest BCUT2D eigenvalue weighted by Crippen LogP contribution is 2.30. The Labute approximate surface area is 138 Å². The quantitative estimate of drug-likeness (QED) is 0.618. The van der Waals surface area contributed by atoms with Crippen LogP contribution in [0.1, 0.15) is 17.4 Å². The normalized spacial score (nSPS) is 10.9. The largest absolute Gasteiger partial charge is 0.490 e. The summed E-state index contributed by atoms with van der Waals surface area (Å²) in [6.45, 7) is 2.74. The number of hydrogen-bond acceptors (Lipinski definition) is 5. The van der Waals surface area contributed by atoms with Crippen LogP contribution in [0.25, 0.3) is 6.08 Å². The minimum absolute atomic E-state index is 0.334. The first-order chi connectivity index (χ1) is 11.1. The number of nitriles is 1. The molecule has 1 heterocycles. The first kappa shape index (κ1) is 16.6. The molecule has 0 aliphatic heterocycles. The number of benzene rings is 1. The standard InChI is InChI=1S/C17H15NO4S/c1-2-21-16-9-12(8-13(10-18)17(19)20)5-6-15(16)22-11-14-4-3-7-23-14/h3-9H,2,11H2,1H3,(H,19,20)/b13-8+. The molecule has 0 bridgehead atoms. The Morgan fingerprint density at radius 3 is 2.78 bits per heavy atom. The molecule has 0 saturated heterocycles. The topological polar surface area (TPSA) is 79.5 Å². The Morgan fingerprint density at radius 1 is 1.35 bits per heavy atom. The van der Waals surface area contributed by atoms with E-state index < -0.39 is 5.97 Å². The zero-order valence-electron chi connectivity index (χ0n) is 12.5. The number of aliphatic carboxylic acids is 1. The van der Waals surface area contributed by atoms with Gasteiger partial charge < -0.3 is 14.6 Å². The maximum absolute atomic E-state index is 10.9. The molecule has 23 heavy (non-hydrogen) atoms. The van der Waals surface area contributed by atoms with E-state index in [4.69, 9.17) is 19.8 Å². The van der Waals surface area contributed by atoms with Gasteiger partial charge in [0.15, 0.2) is 11.5 Å². The fraction of sp³-hybridized carbons (Fsp3) is 0.176. The predicted molar refractivity (Wildman–Crippen MR) is 87.5 cm³/mol. The summed E-state index contributed by atoms with van der Waals surface area (Å²) in [5.74, 6) is -0.171. The highest BCUT2D eigenvalue weighted by molar-refractivity contribution is 7.09. The highest BCUT2D eigenvalue weighted by atomic mass is 32.1. The molecule has 0 aliphatic carbocycles. The van der Waals surface area contributed by atoms with Crippen LogP contribution in [-0.2, 0) is 11.4 Å². The Balaban J connectivity index is 2.23. The Kier molecular flexibility index (Phi) is 5.78. The van der Waals surface area contributed by atoms with Crippen LogP contribution in [0.4, 0.5) is 0 Å². The van der Waals surface area contributed by atoms with Gasteiger partial charge in [-0.1, -0.05) is 12.1 Å². The van der Waals surface area contributed by atoms with E-state index in [0.717, 1.165) is 4.88 Å². The second-order valence-corrected chi connectivity index (χ2v) is 5.51. The van der Waals surface area contributed by atoms with Crippen molar-refractivity contribution >= 4 is 23.4 Å². The highest BCUT2D eigenvalue weighted by Gasteiger charge is 2.10. The third-order valence-electron chi connectivity index (χ3n) is 2.88. The molecule has 1 N–H and O–H groups in total. The molecule has 0 saturated carbocycles. The molecule has 5 nitrogen and oxygen atoms in total. The van der Waals surface area contributed by atoms with Crippen molar-refractivity contribution in [3.05, 3.63) is 51.7 Å². The van der Waals surface area contributed by atoms with Gasteiger partial charge in [-0.25, -0.2) is 4.79 Å². The van der Waals surface area contributed by atoms with E-state index in [-0.39, 0.29) is 5.57 Å². The summed E-state index contributed by atoms with van der Waals surface area (Å²) in [6.07, 6.45) is 1.30. The van der Waals surface area contributed by atoms with Crippen LogP contribution in [0.2, 0.25) is 0 Å². The summed E-state index contributed by atoms with van der Waals surface area (Å²) in [4.78, 5) is 12.0. The molecule has 0 radical (unpaired) electrons. The molecule has 1 aromatic heterocycles. The molecular formula is C17H15NO4S.